The van der Waals surface area contributed by atoms with Gasteiger partial charge in [-0.3, -0.25) is 4.79 Å². The standard InChI is InChI=1S/C14H19BrN2O.ClH/c1-10-12(15)3-2-4-13(10)17-14(18)6-5-11-7-8-16-9-11;/h2-4,11,16H,5-9H2,1H3,(H,17,18);1H. The Balaban J connectivity index is 0.00000180. The fourth-order valence-corrected chi connectivity index (χ4v) is 2.62. The zero-order chi connectivity index (χ0) is 13.0. The first-order valence-electron chi connectivity index (χ1n) is 6.42. The van der Waals surface area contributed by atoms with Crippen LogP contribution < -0.4 is 10.6 Å². The maximum Gasteiger partial charge on any atom is 0.224 e. The lowest BCUT2D eigenvalue weighted by Crippen LogP contribution is -2.15. The zero-order valence-corrected chi connectivity index (χ0v) is 13.4. The molecular formula is C14H20BrClN2O. The molecule has 1 fully saturated rings. The maximum atomic E-state index is 11.9. The van der Waals surface area contributed by atoms with E-state index in [0.717, 1.165) is 35.2 Å². The lowest BCUT2D eigenvalue weighted by Gasteiger charge is -2.11. The number of amides is 1. The van der Waals surface area contributed by atoms with E-state index in [-0.39, 0.29) is 18.3 Å². The molecule has 0 bridgehead atoms. The number of rotatable bonds is 4. The van der Waals surface area contributed by atoms with Crippen molar-refractivity contribution in [2.24, 2.45) is 5.92 Å². The molecule has 2 rings (SSSR count). The van der Waals surface area contributed by atoms with Gasteiger partial charge in [0, 0.05) is 16.6 Å². The van der Waals surface area contributed by atoms with E-state index in [1.165, 1.54) is 6.42 Å². The molecule has 0 saturated carbocycles. The number of anilines is 1. The van der Waals surface area contributed by atoms with Crippen LogP contribution in [0.5, 0.6) is 0 Å². The molecule has 0 aliphatic carbocycles. The topological polar surface area (TPSA) is 41.1 Å². The molecule has 0 radical (unpaired) electrons. The van der Waals surface area contributed by atoms with E-state index in [1.807, 2.05) is 25.1 Å². The molecule has 1 aliphatic rings. The highest BCUT2D eigenvalue weighted by Gasteiger charge is 2.16. The molecule has 1 amide bonds. The van der Waals surface area contributed by atoms with Gasteiger partial charge in [-0.1, -0.05) is 22.0 Å². The molecule has 19 heavy (non-hydrogen) atoms. The van der Waals surface area contributed by atoms with E-state index < -0.39 is 0 Å². The second kappa shape index (κ2) is 7.88. The molecular weight excluding hydrogens is 328 g/mol. The van der Waals surface area contributed by atoms with Crippen LogP contribution in [0.25, 0.3) is 0 Å². The Bertz CT molecular complexity index is 433. The number of nitrogens with one attached hydrogen (secondary N) is 2. The van der Waals surface area contributed by atoms with Crippen LogP contribution in [-0.4, -0.2) is 19.0 Å². The van der Waals surface area contributed by atoms with Gasteiger partial charge in [0.1, 0.15) is 0 Å². The zero-order valence-electron chi connectivity index (χ0n) is 11.0. The van der Waals surface area contributed by atoms with Crippen molar-refractivity contribution in [3.05, 3.63) is 28.2 Å². The molecule has 1 aromatic rings. The van der Waals surface area contributed by atoms with Gasteiger partial charge < -0.3 is 10.6 Å². The van der Waals surface area contributed by atoms with Gasteiger partial charge in [-0.05, 0) is 56.5 Å². The van der Waals surface area contributed by atoms with E-state index in [4.69, 9.17) is 0 Å². The van der Waals surface area contributed by atoms with E-state index >= 15 is 0 Å². The van der Waals surface area contributed by atoms with Crippen molar-refractivity contribution in [3.8, 4) is 0 Å². The van der Waals surface area contributed by atoms with Crippen LogP contribution in [0.15, 0.2) is 22.7 Å². The second-order valence-corrected chi connectivity index (χ2v) is 5.71. The van der Waals surface area contributed by atoms with E-state index in [0.29, 0.717) is 12.3 Å². The van der Waals surface area contributed by atoms with Gasteiger partial charge in [0.25, 0.3) is 0 Å². The molecule has 1 aliphatic heterocycles. The second-order valence-electron chi connectivity index (χ2n) is 4.86. The van der Waals surface area contributed by atoms with Crippen LogP contribution in [0, 0.1) is 12.8 Å². The van der Waals surface area contributed by atoms with Crippen LogP contribution in [0.3, 0.4) is 0 Å². The van der Waals surface area contributed by atoms with E-state index in [2.05, 4.69) is 26.6 Å². The first-order chi connectivity index (χ1) is 8.66. The fraction of sp³-hybridized carbons (Fsp3) is 0.500. The van der Waals surface area contributed by atoms with E-state index in [9.17, 15) is 4.79 Å². The van der Waals surface area contributed by atoms with Gasteiger partial charge in [-0.15, -0.1) is 12.4 Å². The smallest absolute Gasteiger partial charge is 0.224 e. The van der Waals surface area contributed by atoms with Crippen LogP contribution in [-0.2, 0) is 4.79 Å². The summed E-state index contributed by atoms with van der Waals surface area (Å²) in [6.45, 7) is 4.15. The molecule has 1 atom stereocenters. The molecule has 0 aromatic heterocycles. The van der Waals surface area contributed by atoms with Crippen LogP contribution >= 0.6 is 28.3 Å². The minimum absolute atomic E-state index is 0. The average molecular weight is 348 g/mol. The molecule has 1 aromatic carbocycles. The monoisotopic (exact) mass is 346 g/mol. The van der Waals surface area contributed by atoms with Crippen molar-refractivity contribution in [2.45, 2.75) is 26.2 Å². The number of carbonyl (C=O) groups excluding carboxylic acids is 1. The van der Waals surface area contributed by atoms with Gasteiger partial charge in [-0.25, -0.2) is 0 Å². The highest BCUT2D eigenvalue weighted by Crippen LogP contribution is 2.24. The SMILES string of the molecule is Cc1c(Br)cccc1NC(=O)CCC1CCNC1.Cl. The van der Waals surface area contributed by atoms with Crippen molar-refractivity contribution in [1.82, 2.24) is 5.32 Å². The number of benzene rings is 1. The third-order valence-electron chi connectivity index (χ3n) is 3.48. The van der Waals surface area contributed by atoms with Crippen molar-refractivity contribution < 1.29 is 4.79 Å². The van der Waals surface area contributed by atoms with Crippen molar-refractivity contribution in [3.63, 3.8) is 0 Å². The van der Waals surface area contributed by atoms with Gasteiger partial charge in [-0.2, -0.15) is 0 Å². The number of halogens is 2. The van der Waals surface area contributed by atoms with E-state index in [1.54, 1.807) is 0 Å². The van der Waals surface area contributed by atoms with Gasteiger partial charge in [0.2, 0.25) is 5.91 Å². The van der Waals surface area contributed by atoms with Gasteiger partial charge >= 0.3 is 0 Å². The highest BCUT2D eigenvalue weighted by molar-refractivity contribution is 9.10. The third-order valence-corrected chi connectivity index (χ3v) is 4.34. The maximum absolute atomic E-state index is 11.9. The minimum atomic E-state index is 0. The van der Waals surface area contributed by atoms with Crippen LogP contribution in [0.4, 0.5) is 5.69 Å². The van der Waals surface area contributed by atoms with Crippen LogP contribution in [0.2, 0.25) is 0 Å². The average Bonchev–Trinajstić information content (AvgIpc) is 2.86. The first-order valence-corrected chi connectivity index (χ1v) is 7.22. The summed E-state index contributed by atoms with van der Waals surface area (Å²) in [6.07, 6.45) is 2.79. The van der Waals surface area contributed by atoms with Gasteiger partial charge in [0.05, 0.1) is 0 Å². The van der Waals surface area contributed by atoms with Crippen molar-refractivity contribution >= 4 is 39.9 Å². The summed E-state index contributed by atoms with van der Waals surface area (Å²) in [6, 6.07) is 5.86. The summed E-state index contributed by atoms with van der Waals surface area (Å²) >= 11 is 3.47. The Morgan fingerprint density at radius 1 is 1.53 bits per heavy atom. The van der Waals surface area contributed by atoms with Gasteiger partial charge in [0.15, 0.2) is 0 Å². The predicted molar refractivity (Wildman–Crippen MR) is 85.0 cm³/mol. The summed E-state index contributed by atoms with van der Waals surface area (Å²) in [5.74, 6) is 0.780. The van der Waals surface area contributed by atoms with Crippen molar-refractivity contribution in [1.29, 1.82) is 0 Å². The Morgan fingerprint density at radius 2 is 2.32 bits per heavy atom. The highest BCUT2D eigenvalue weighted by atomic mass is 79.9. The molecule has 2 N–H and O–H groups in total. The summed E-state index contributed by atoms with van der Waals surface area (Å²) < 4.78 is 1.03. The molecule has 3 nitrogen and oxygen atoms in total. The molecule has 1 saturated heterocycles. The fourth-order valence-electron chi connectivity index (χ4n) is 2.25. The quantitative estimate of drug-likeness (QED) is 0.875. The molecule has 5 heteroatoms. The Morgan fingerprint density at radius 3 is 3.00 bits per heavy atom. The summed E-state index contributed by atoms with van der Waals surface area (Å²) in [5.41, 5.74) is 1.98. The Hall–Kier alpha value is -0.580. The third kappa shape index (κ3) is 4.79. The first kappa shape index (κ1) is 16.5. The number of carbonyl (C=O) groups is 1. The Labute approximate surface area is 129 Å². The lowest BCUT2D eigenvalue weighted by molar-refractivity contribution is -0.116. The summed E-state index contributed by atoms with van der Waals surface area (Å²) in [5, 5.41) is 6.31. The predicted octanol–water partition coefficient (Wildman–Crippen LogP) is 3.51. The molecule has 1 unspecified atom stereocenters. The Kier molecular flexibility index (Phi) is 6.83. The minimum Gasteiger partial charge on any atom is -0.326 e. The normalized spacial score (nSPS) is 17.9. The number of hydrogen-bond donors (Lipinski definition) is 2. The largest absolute Gasteiger partial charge is 0.326 e. The van der Waals surface area contributed by atoms with Crippen molar-refractivity contribution in [2.75, 3.05) is 18.4 Å². The lowest BCUT2D eigenvalue weighted by atomic mass is 10.0. The summed E-state index contributed by atoms with van der Waals surface area (Å²) in [7, 11) is 0. The molecule has 106 valence electrons. The molecule has 0 spiro atoms. The van der Waals surface area contributed by atoms with Crippen LogP contribution in [0.1, 0.15) is 24.8 Å². The molecule has 1 heterocycles. The summed E-state index contributed by atoms with van der Waals surface area (Å²) in [4.78, 5) is 11.9. The number of hydrogen-bond acceptors (Lipinski definition) is 2.